The van der Waals surface area contributed by atoms with Crippen LogP contribution in [0.4, 0.5) is 0 Å². The van der Waals surface area contributed by atoms with Crippen LogP contribution in [0.3, 0.4) is 0 Å². The fourth-order valence-corrected chi connectivity index (χ4v) is 3.25. The molecule has 1 aliphatic heterocycles. The summed E-state index contributed by atoms with van der Waals surface area (Å²) >= 11 is 1.56. The van der Waals surface area contributed by atoms with Gasteiger partial charge in [0.15, 0.2) is 0 Å². The predicted octanol–water partition coefficient (Wildman–Crippen LogP) is 3.26. The lowest BCUT2D eigenvalue weighted by Crippen LogP contribution is -2.00. The molecule has 0 atom stereocenters. The molecule has 0 N–H and O–H groups in total. The van der Waals surface area contributed by atoms with E-state index in [1.165, 1.54) is 0 Å². The standard InChI is InChI=1S/C9H16NO3PS/c1-3-12-14(11,13-4-2)8-10-9-6-5-7-15-9/h5,7H,3-4,6,8H2,1-2H3. The molecule has 6 heteroatoms. The average molecular weight is 249 g/mol. The van der Waals surface area contributed by atoms with Crippen LogP contribution in [-0.4, -0.2) is 24.5 Å². The van der Waals surface area contributed by atoms with Crippen molar-refractivity contribution in [3.8, 4) is 0 Å². The third-order valence-corrected chi connectivity index (χ3v) is 4.35. The summed E-state index contributed by atoms with van der Waals surface area (Å²) in [6, 6.07) is 0. The van der Waals surface area contributed by atoms with Crippen molar-refractivity contribution >= 4 is 24.4 Å². The highest BCUT2D eigenvalue weighted by atomic mass is 32.2. The zero-order valence-electron chi connectivity index (χ0n) is 9.01. The number of thioether (sulfide) groups is 1. The monoisotopic (exact) mass is 249 g/mol. The summed E-state index contributed by atoms with van der Waals surface area (Å²) in [5.74, 6) is 0. The molecular weight excluding hydrogens is 233 g/mol. The lowest BCUT2D eigenvalue weighted by atomic mass is 10.5. The van der Waals surface area contributed by atoms with Crippen LogP contribution in [0.1, 0.15) is 20.3 Å². The Morgan fingerprint density at radius 2 is 2.13 bits per heavy atom. The topological polar surface area (TPSA) is 47.9 Å². The summed E-state index contributed by atoms with van der Waals surface area (Å²) in [6.45, 7) is 4.36. The molecule has 4 nitrogen and oxygen atoms in total. The maximum atomic E-state index is 12.0. The van der Waals surface area contributed by atoms with Gasteiger partial charge in [0.25, 0.3) is 0 Å². The van der Waals surface area contributed by atoms with E-state index in [4.69, 9.17) is 9.05 Å². The average Bonchev–Trinajstić information content (AvgIpc) is 2.68. The van der Waals surface area contributed by atoms with Crippen LogP contribution in [-0.2, 0) is 13.6 Å². The molecule has 0 aromatic carbocycles. The number of hydrogen-bond acceptors (Lipinski definition) is 5. The first-order valence-electron chi connectivity index (χ1n) is 4.93. The number of allylic oxidation sites excluding steroid dienone is 1. The fraction of sp³-hybridized carbons (Fsp3) is 0.667. The summed E-state index contributed by atoms with van der Waals surface area (Å²) in [5, 5.41) is 2.94. The van der Waals surface area contributed by atoms with Gasteiger partial charge in [0.1, 0.15) is 6.29 Å². The van der Waals surface area contributed by atoms with Gasteiger partial charge in [-0.15, -0.1) is 0 Å². The van der Waals surface area contributed by atoms with E-state index in [2.05, 4.69) is 4.99 Å². The number of aliphatic imine (C=N–C) groups is 1. The van der Waals surface area contributed by atoms with Crippen LogP contribution in [0, 0.1) is 0 Å². The second kappa shape index (κ2) is 6.48. The molecule has 0 aliphatic carbocycles. The smallest absolute Gasteiger partial charge is 0.308 e. The predicted molar refractivity (Wildman–Crippen MR) is 64.5 cm³/mol. The molecule has 1 rings (SSSR count). The molecule has 0 spiro atoms. The van der Waals surface area contributed by atoms with Gasteiger partial charge in [-0.3, -0.25) is 9.56 Å². The van der Waals surface area contributed by atoms with Crippen LogP contribution in [0.2, 0.25) is 0 Å². The maximum absolute atomic E-state index is 12.0. The summed E-state index contributed by atoms with van der Waals surface area (Å²) in [7, 11) is -3.00. The molecule has 0 fully saturated rings. The van der Waals surface area contributed by atoms with E-state index in [1.807, 2.05) is 11.5 Å². The van der Waals surface area contributed by atoms with Crippen molar-refractivity contribution in [2.75, 3.05) is 19.5 Å². The van der Waals surface area contributed by atoms with Crippen LogP contribution < -0.4 is 0 Å². The Labute approximate surface area is 94.7 Å². The van der Waals surface area contributed by atoms with Crippen molar-refractivity contribution in [2.45, 2.75) is 20.3 Å². The van der Waals surface area contributed by atoms with E-state index in [-0.39, 0.29) is 6.29 Å². The van der Waals surface area contributed by atoms with E-state index < -0.39 is 7.60 Å². The first kappa shape index (κ1) is 13.0. The maximum Gasteiger partial charge on any atom is 0.351 e. The van der Waals surface area contributed by atoms with Crippen molar-refractivity contribution in [2.24, 2.45) is 4.99 Å². The highest BCUT2D eigenvalue weighted by molar-refractivity contribution is 8.16. The van der Waals surface area contributed by atoms with Crippen molar-refractivity contribution < 1.29 is 13.6 Å². The SMILES string of the molecule is CCOP(=O)(CN=C1CC=CS1)OCC. The Bertz CT molecular complexity index is 284. The molecule has 0 amide bonds. The first-order valence-corrected chi connectivity index (χ1v) is 7.54. The summed E-state index contributed by atoms with van der Waals surface area (Å²) in [5.41, 5.74) is 0. The second-order valence-corrected chi connectivity index (χ2v) is 5.83. The van der Waals surface area contributed by atoms with E-state index in [9.17, 15) is 4.57 Å². The minimum absolute atomic E-state index is 0.124. The zero-order chi connectivity index (χ0) is 11.1. The molecule has 86 valence electrons. The molecule has 0 aromatic rings. The van der Waals surface area contributed by atoms with Crippen LogP contribution in [0.5, 0.6) is 0 Å². The highest BCUT2D eigenvalue weighted by Gasteiger charge is 2.23. The van der Waals surface area contributed by atoms with Gasteiger partial charge in [-0.1, -0.05) is 17.8 Å². The minimum atomic E-state index is -3.00. The first-order chi connectivity index (χ1) is 7.20. The number of nitrogens with zero attached hydrogens (tertiary/aromatic N) is 1. The Hall–Kier alpha value is -0.0900. The minimum Gasteiger partial charge on any atom is -0.308 e. The lowest BCUT2D eigenvalue weighted by molar-refractivity contribution is 0.221. The van der Waals surface area contributed by atoms with Gasteiger partial charge in [-0.25, -0.2) is 0 Å². The quantitative estimate of drug-likeness (QED) is 0.678. The van der Waals surface area contributed by atoms with Gasteiger partial charge < -0.3 is 9.05 Å². The van der Waals surface area contributed by atoms with E-state index in [0.29, 0.717) is 13.2 Å². The van der Waals surface area contributed by atoms with Gasteiger partial charge in [-0.05, 0) is 19.3 Å². The summed E-state index contributed by atoms with van der Waals surface area (Å²) in [6.07, 6.45) is 2.97. The highest BCUT2D eigenvalue weighted by Crippen LogP contribution is 2.48. The van der Waals surface area contributed by atoms with Gasteiger partial charge >= 0.3 is 7.60 Å². The molecule has 1 heterocycles. The molecule has 0 saturated carbocycles. The van der Waals surface area contributed by atoms with E-state index >= 15 is 0 Å². The number of hydrogen-bond donors (Lipinski definition) is 0. The molecular formula is C9H16NO3PS. The van der Waals surface area contributed by atoms with E-state index in [0.717, 1.165) is 11.5 Å². The molecule has 15 heavy (non-hydrogen) atoms. The normalized spacial score (nSPS) is 18.9. The molecule has 1 aliphatic rings. The Morgan fingerprint density at radius 3 is 2.60 bits per heavy atom. The van der Waals surface area contributed by atoms with Gasteiger partial charge in [0, 0.05) is 6.42 Å². The van der Waals surface area contributed by atoms with Gasteiger partial charge in [-0.2, -0.15) is 0 Å². The Morgan fingerprint density at radius 1 is 1.47 bits per heavy atom. The second-order valence-electron chi connectivity index (χ2n) is 2.83. The van der Waals surface area contributed by atoms with Crippen molar-refractivity contribution in [3.63, 3.8) is 0 Å². The Kier molecular flexibility index (Phi) is 5.61. The third kappa shape index (κ3) is 4.51. The number of rotatable bonds is 6. The molecule has 0 bridgehead atoms. The van der Waals surface area contributed by atoms with Crippen LogP contribution in [0.25, 0.3) is 0 Å². The van der Waals surface area contributed by atoms with Crippen molar-refractivity contribution in [1.29, 1.82) is 0 Å². The molecule has 0 unspecified atom stereocenters. The zero-order valence-corrected chi connectivity index (χ0v) is 10.7. The molecule has 0 saturated heterocycles. The third-order valence-electron chi connectivity index (χ3n) is 1.66. The van der Waals surface area contributed by atoms with Gasteiger partial charge in [0.05, 0.1) is 18.3 Å². The van der Waals surface area contributed by atoms with Crippen LogP contribution in [0.15, 0.2) is 16.5 Å². The lowest BCUT2D eigenvalue weighted by Gasteiger charge is -2.14. The molecule has 0 aromatic heterocycles. The van der Waals surface area contributed by atoms with Gasteiger partial charge in [0.2, 0.25) is 0 Å². The largest absolute Gasteiger partial charge is 0.351 e. The fourth-order valence-electron chi connectivity index (χ4n) is 1.10. The summed E-state index contributed by atoms with van der Waals surface area (Å²) < 4.78 is 22.2. The van der Waals surface area contributed by atoms with Crippen molar-refractivity contribution in [3.05, 3.63) is 11.5 Å². The van der Waals surface area contributed by atoms with Crippen molar-refractivity contribution in [1.82, 2.24) is 0 Å². The van der Waals surface area contributed by atoms with E-state index in [1.54, 1.807) is 25.6 Å². The summed E-state index contributed by atoms with van der Waals surface area (Å²) in [4.78, 5) is 4.24. The van der Waals surface area contributed by atoms with Crippen LogP contribution >= 0.6 is 19.4 Å². The Balaban J connectivity index is 2.50. The molecule has 0 radical (unpaired) electrons.